The largest absolute Gasteiger partial charge is 0.399 e. The highest BCUT2D eigenvalue weighted by atomic mass is 16.5. The van der Waals surface area contributed by atoms with Gasteiger partial charge in [-0.3, -0.25) is 0 Å². The lowest BCUT2D eigenvalue weighted by atomic mass is 9.98. The number of nitrogen functional groups attached to an aromatic ring is 1. The maximum Gasteiger partial charge on any atom is 0.227 e. The van der Waals surface area contributed by atoms with E-state index in [4.69, 9.17) is 10.3 Å². The molecule has 1 atom stereocenters. The van der Waals surface area contributed by atoms with Crippen molar-refractivity contribution in [2.75, 3.05) is 5.73 Å². The number of nitrogens with one attached hydrogen (secondary N) is 1. The highest BCUT2D eigenvalue weighted by Gasteiger charge is 2.13. The number of rotatable bonds is 4. The van der Waals surface area contributed by atoms with Crippen LogP contribution in [0.3, 0.4) is 0 Å². The van der Waals surface area contributed by atoms with Crippen LogP contribution in [0, 0.1) is 0 Å². The summed E-state index contributed by atoms with van der Waals surface area (Å²) in [6.45, 7) is 2.13. The Morgan fingerprint density at radius 2 is 2.05 bits per heavy atom. The third-order valence-electron chi connectivity index (χ3n) is 3.29. The summed E-state index contributed by atoms with van der Waals surface area (Å²) in [6.07, 6.45) is 2.54. The summed E-state index contributed by atoms with van der Waals surface area (Å²) in [5.41, 5.74) is 8.53. The van der Waals surface area contributed by atoms with Crippen LogP contribution < -0.4 is 5.73 Å². The summed E-state index contributed by atoms with van der Waals surface area (Å²) in [4.78, 5) is 7.46. The first-order chi connectivity index (χ1) is 9.72. The van der Waals surface area contributed by atoms with E-state index in [1.807, 2.05) is 42.6 Å². The molecule has 3 N–H and O–H groups in total. The fraction of sp³-hybridized carbons (Fsp3) is 0.200. The van der Waals surface area contributed by atoms with Gasteiger partial charge in [0.2, 0.25) is 11.7 Å². The molecule has 5 heteroatoms. The second-order valence-electron chi connectivity index (χ2n) is 4.87. The molecule has 0 spiro atoms. The van der Waals surface area contributed by atoms with Gasteiger partial charge in [0.25, 0.3) is 0 Å². The molecule has 0 aliphatic carbocycles. The van der Waals surface area contributed by atoms with E-state index in [9.17, 15) is 0 Å². The van der Waals surface area contributed by atoms with Gasteiger partial charge in [0.1, 0.15) is 0 Å². The Morgan fingerprint density at radius 1 is 1.25 bits per heavy atom. The molecule has 20 heavy (non-hydrogen) atoms. The average molecular weight is 268 g/mol. The zero-order valence-electron chi connectivity index (χ0n) is 11.2. The fourth-order valence-electron chi connectivity index (χ4n) is 2.12. The zero-order valence-corrected chi connectivity index (χ0v) is 11.2. The molecular weight excluding hydrogens is 252 g/mol. The molecule has 3 rings (SSSR count). The van der Waals surface area contributed by atoms with Gasteiger partial charge in [0, 0.05) is 18.3 Å². The molecule has 0 bridgehead atoms. The molecule has 3 aromatic rings. The molecule has 0 aliphatic heterocycles. The molecule has 0 saturated carbocycles. The van der Waals surface area contributed by atoms with Crippen LogP contribution in [0.5, 0.6) is 0 Å². The second kappa shape index (κ2) is 5.21. The van der Waals surface area contributed by atoms with Crippen molar-refractivity contribution < 1.29 is 4.52 Å². The van der Waals surface area contributed by atoms with Crippen molar-refractivity contribution in [3.63, 3.8) is 0 Å². The van der Waals surface area contributed by atoms with E-state index < -0.39 is 0 Å². The third kappa shape index (κ3) is 2.56. The highest BCUT2D eigenvalue weighted by Crippen LogP contribution is 2.22. The Hall–Kier alpha value is -2.56. The number of aromatic amines is 1. The van der Waals surface area contributed by atoms with Crippen molar-refractivity contribution in [2.45, 2.75) is 19.3 Å². The molecular formula is C15H16N4O. The van der Waals surface area contributed by atoms with E-state index in [1.54, 1.807) is 0 Å². The minimum Gasteiger partial charge on any atom is -0.399 e. The summed E-state index contributed by atoms with van der Waals surface area (Å²) < 4.78 is 5.30. The molecule has 0 amide bonds. The monoisotopic (exact) mass is 268 g/mol. The number of anilines is 1. The predicted octanol–water partition coefficient (Wildman–Crippen LogP) is 2.99. The molecule has 2 heterocycles. The van der Waals surface area contributed by atoms with Gasteiger partial charge in [0.15, 0.2) is 0 Å². The van der Waals surface area contributed by atoms with Crippen LogP contribution in [-0.2, 0) is 6.42 Å². The van der Waals surface area contributed by atoms with Crippen LogP contribution in [0.15, 0.2) is 47.1 Å². The van der Waals surface area contributed by atoms with E-state index in [0.29, 0.717) is 24.1 Å². The Bertz CT molecular complexity index is 670. The van der Waals surface area contributed by atoms with E-state index in [0.717, 1.165) is 11.4 Å². The SMILES string of the molecule is CC(Cc1nc(-c2ccc[nH]2)no1)c1ccc(N)cc1. The number of nitrogens with two attached hydrogens (primary N) is 1. The summed E-state index contributed by atoms with van der Waals surface area (Å²) in [5, 5.41) is 3.98. The van der Waals surface area contributed by atoms with Crippen molar-refractivity contribution in [1.29, 1.82) is 0 Å². The number of H-pyrrole nitrogens is 1. The lowest BCUT2D eigenvalue weighted by Crippen LogP contribution is -1.99. The van der Waals surface area contributed by atoms with E-state index in [2.05, 4.69) is 22.0 Å². The van der Waals surface area contributed by atoms with E-state index >= 15 is 0 Å². The minimum atomic E-state index is 0.299. The third-order valence-corrected chi connectivity index (χ3v) is 3.29. The Labute approximate surface area is 116 Å². The van der Waals surface area contributed by atoms with E-state index in [1.165, 1.54) is 5.56 Å². The number of hydrogen-bond acceptors (Lipinski definition) is 4. The minimum absolute atomic E-state index is 0.299. The van der Waals surface area contributed by atoms with Gasteiger partial charge in [-0.25, -0.2) is 0 Å². The first kappa shape index (κ1) is 12.5. The zero-order chi connectivity index (χ0) is 13.9. The van der Waals surface area contributed by atoms with E-state index in [-0.39, 0.29) is 0 Å². The Balaban J connectivity index is 1.73. The smallest absolute Gasteiger partial charge is 0.227 e. The quantitative estimate of drug-likeness (QED) is 0.713. The maximum atomic E-state index is 5.69. The van der Waals surface area contributed by atoms with Crippen LogP contribution in [0.4, 0.5) is 5.69 Å². The van der Waals surface area contributed by atoms with Crippen molar-refractivity contribution in [2.24, 2.45) is 0 Å². The van der Waals surface area contributed by atoms with Crippen molar-refractivity contribution in [3.05, 3.63) is 54.0 Å². The van der Waals surface area contributed by atoms with Crippen molar-refractivity contribution >= 4 is 5.69 Å². The predicted molar refractivity (Wildman–Crippen MR) is 77.1 cm³/mol. The normalized spacial score (nSPS) is 12.4. The fourth-order valence-corrected chi connectivity index (χ4v) is 2.12. The number of nitrogens with zero attached hydrogens (tertiary/aromatic N) is 2. The summed E-state index contributed by atoms with van der Waals surface area (Å²) in [7, 11) is 0. The molecule has 0 fully saturated rings. The molecule has 1 unspecified atom stereocenters. The lowest BCUT2D eigenvalue weighted by Gasteiger charge is -2.08. The second-order valence-corrected chi connectivity index (χ2v) is 4.87. The van der Waals surface area contributed by atoms with Crippen molar-refractivity contribution in [3.8, 4) is 11.5 Å². The highest BCUT2D eigenvalue weighted by molar-refractivity contribution is 5.47. The number of hydrogen-bond donors (Lipinski definition) is 2. The molecule has 102 valence electrons. The molecule has 0 radical (unpaired) electrons. The van der Waals surface area contributed by atoms with Gasteiger partial charge >= 0.3 is 0 Å². The van der Waals surface area contributed by atoms with Gasteiger partial charge in [-0.2, -0.15) is 4.98 Å². The van der Waals surface area contributed by atoms with Crippen LogP contribution in [0.25, 0.3) is 11.5 Å². The number of benzene rings is 1. The van der Waals surface area contributed by atoms with Gasteiger partial charge in [-0.05, 0) is 35.7 Å². The van der Waals surface area contributed by atoms with Gasteiger partial charge in [-0.1, -0.05) is 24.2 Å². The first-order valence-corrected chi connectivity index (χ1v) is 6.54. The maximum absolute atomic E-state index is 5.69. The van der Waals surface area contributed by atoms with Gasteiger partial charge < -0.3 is 15.2 Å². The summed E-state index contributed by atoms with van der Waals surface area (Å²) in [6, 6.07) is 11.7. The molecule has 5 nitrogen and oxygen atoms in total. The summed E-state index contributed by atoms with van der Waals surface area (Å²) >= 11 is 0. The Morgan fingerprint density at radius 3 is 2.75 bits per heavy atom. The van der Waals surface area contributed by atoms with Crippen LogP contribution in [0.2, 0.25) is 0 Å². The van der Waals surface area contributed by atoms with Crippen molar-refractivity contribution in [1.82, 2.24) is 15.1 Å². The number of aromatic nitrogens is 3. The average Bonchev–Trinajstić information content (AvgIpc) is 3.09. The summed E-state index contributed by atoms with van der Waals surface area (Å²) in [5.74, 6) is 1.53. The van der Waals surface area contributed by atoms with Crippen LogP contribution in [-0.4, -0.2) is 15.1 Å². The van der Waals surface area contributed by atoms with Crippen LogP contribution in [0.1, 0.15) is 24.3 Å². The topological polar surface area (TPSA) is 80.7 Å². The molecule has 2 aromatic heterocycles. The van der Waals surface area contributed by atoms with Gasteiger partial charge in [-0.15, -0.1) is 0 Å². The molecule has 0 aliphatic rings. The first-order valence-electron chi connectivity index (χ1n) is 6.54. The molecule has 0 saturated heterocycles. The standard InChI is InChI=1S/C15H16N4O/c1-10(11-4-6-12(16)7-5-11)9-14-18-15(19-20-14)13-3-2-8-17-13/h2-8,10,17H,9,16H2,1H3. The Kier molecular flexibility index (Phi) is 3.25. The lowest BCUT2D eigenvalue weighted by molar-refractivity contribution is 0.372. The van der Waals surface area contributed by atoms with Crippen LogP contribution >= 0.6 is 0 Å². The molecule has 1 aromatic carbocycles. The van der Waals surface area contributed by atoms with Gasteiger partial charge in [0.05, 0.1) is 5.69 Å².